The van der Waals surface area contributed by atoms with Crippen LogP contribution in [0.25, 0.3) is 0 Å². The molecule has 0 atom stereocenters. The Labute approximate surface area is 110 Å². The SMILES string of the molecule is NCCCN(CCCN)Cc1cccc(CN)c1. The Hall–Kier alpha value is -0.940. The van der Waals surface area contributed by atoms with Gasteiger partial charge in [-0.3, -0.25) is 4.90 Å². The van der Waals surface area contributed by atoms with E-state index in [0.29, 0.717) is 6.54 Å². The summed E-state index contributed by atoms with van der Waals surface area (Å²) in [6.45, 7) is 5.09. The molecule has 0 aliphatic rings. The van der Waals surface area contributed by atoms with E-state index in [-0.39, 0.29) is 0 Å². The average molecular weight is 250 g/mol. The quantitative estimate of drug-likeness (QED) is 0.601. The van der Waals surface area contributed by atoms with Gasteiger partial charge in [0.25, 0.3) is 0 Å². The first-order valence-corrected chi connectivity index (χ1v) is 6.70. The third-order valence-corrected chi connectivity index (χ3v) is 2.99. The minimum absolute atomic E-state index is 0.597. The summed E-state index contributed by atoms with van der Waals surface area (Å²) < 4.78 is 0. The van der Waals surface area contributed by atoms with Crippen molar-refractivity contribution >= 4 is 0 Å². The lowest BCUT2D eigenvalue weighted by Crippen LogP contribution is -2.28. The Morgan fingerprint density at radius 2 is 1.50 bits per heavy atom. The summed E-state index contributed by atoms with van der Waals surface area (Å²) in [4.78, 5) is 2.41. The van der Waals surface area contributed by atoms with E-state index >= 15 is 0 Å². The number of hydrogen-bond acceptors (Lipinski definition) is 4. The lowest BCUT2D eigenvalue weighted by Gasteiger charge is -2.22. The molecule has 1 rings (SSSR count). The molecule has 0 heterocycles. The second-order valence-corrected chi connectivity index (χ2v) is 4.58. The minimum atomic E-state index is 0.597. The first kappa shape index (κ1) is 15.1. The monoisotopic (exact) mass is 250 g/mol. The molecule has 0 aromatic heterocycles. The molecule has 18 heavy (non-hydrogen) atoms. The minimum Gasteiger partial charge on any atom is -0.330 e. The Balaban J connectivity index is 2.56. The molecule has 0 saturated carbocycles. The molecule has 0 aliphatic heterocycles. The van der Waals surface area contributed by atoms with Crippen molar-refractivity contribution in [2.24, 2.45) is 17.2 Å². The molecule has 6 N–H and O–H groups in total. The van der Waals surface area contributed by atoms with Crippen LogP contribution in [-0.4, -0.2) is 31.1 Å². The van der Waals surface area contributed by atoms with Crippen molar-refractivity contribution in [2.45, 2.75) is 25.9 Å². The molecular formula is C14H26N4. The smallest absolute Gasteiger partial charge is 0.0233 e. The Morgan fingerprint density at radius 3 is 2.06 bits per heavy atom. The molecule has 4 nitrogen and oxygen atoms in total. The molecule has 0 saturated heterocycles. The Kier molecular flexibility index (Phi) is 7.60. The molecule has 0 aliphatic carbocycles. The number of nitrogens with two attached hydrogens (primary N) is 3. The van der Waals surface area contributed by atoms with Gasteiger partial charge in [-0.2, -0.15) is 0 Å². The predicted octanol–water partition coefficient (Wildman–Crippen LogP) is 0.645. The van der Waals surface area contributed by atoms with E-state index in [1.165, 1.54) is 11.1 Å². The molecule has 0 bridgehead atoms. The first-order chi connectivity index (χ1) is 8.80. The zero-order valence-corrected chi connectivity index (χ0v) is 11.1. The lowest BCUT2D eigenvalue weighted by atomic mass is 10.1. The molecule has 1 aromatic rings. The topological polar surface area (TPSA) is 81.3 Å². The zero-order valence-electron chi connectivity index (χ0n) is 11.1. The van der Waals surface area contributed by atoms with Crippen molar-refractivity contribution in [2.75, 3.05) is 26.2 Å². The van der Waals surface area contributed by atoms with Gasteiger partial charge in [-0.1, -0.05) is 24.3 Å². The van der Waals surface area contributed by atoms with Crippen molar-refractivity contribution < 1.29 is 0 Å². The van der Waals surface area contributed by atoms with E-state index in [1.807, 2.05) is 0 Å². The summed E-state index contributed by atoms with van der Waals surface area (Å²) in [6, 6.07) is 8.46. The second-order valence-electron chi connectivity index (χ2n) is 4.58. The number of rotatable bonds is 9. The molecule has 1 aromatic carbocycles. The van der Waals surface area contributed by atoms with Crippen LogP contribution in [-0.2, 0) is 13.1 Å². The summed E-state index contributed by atoms with van der Waals surface area (Å²) in [5, 5.41) is 0. The molecular weight excluding hydrogens is 224 g/mol. The predicted molar refractivity (Wildman–Crippen MR) is 77.0 cm³/mol. The van der Waals surface area contributed by atoms with Gasteiger partial charge in [0.15, 0.2) is 0 Å². The zero-order chi connectivity index (χ0) is 13.2. The van der Waals surface area contributed by atoms with Crippen molar-refractivity contribution in [1.82, 2.24) is 4.90 Å². The number of hydrogen-bond donors (Lipinski definition) is 3. The standard InChI is InChI=1S/C14H26N4/c15-6-2-8-18(9-3-7-16)12-14-5-1-4-13(10-14)11-17/h1,4-5,10H,2-3,6-9,11-12,15-17H2. The van der Waals surface area contributed by atoms with Crippen LogP contribution >= 0.6 is 0 Å². The van der Waals surface area contributed by atoms with E-state index in [1.54, 1.807) is 0 Å². The molecule has 0 unspecified atom stereocenters. The van der Waals surface area contributed by atoms with Crippen LogP contribution in [0.3, 0.4) is 0 Å². The maximum Gasteiger partial charge on any atom is 0.0233 e. The number of nitrogens with zero attached hydrogens (tertiary/aromatic N) is 1. The van der Waals surface area contributed by atoms with Gasteiger partial charge < -0.3 is 17.2 Å². The fraction of sp³-hybridized carbons (Fsp3) is 0.571. The summed E-state index contributed by atoms with van der Waals surface area (Å²) in [5.41, 5.74) is 19.3. The van der Waals surface area contributed by atoms with Gasteiger partial charge >= 0.3 is 0 Å². The first-order valence-electron chi connectivity index (χ1n) is 6.70. The Morgan fingerprint density at radius 1 is 0.889 bits per heavy atom. The van der Waals surface area contributed by atoms with Crippen LogP contribution in [0.15, 0.2) is 24.3 Å². The van der Waals surface area contributed by atoms with Crippen LogP contribution in [0.4, 0.5) is 0 Å². The van der Waals surface area contributed by atoms with Gasteiger partial charge in [0, 0.05) is 13.1 Å². The van der Waals surface area contributed by atoms with E-state index in [2.05, 4.69) is 29.2 Å². The van der Waals surface area contributed by atoms with Crippen molar-refractivity contribution in [3.8, 4) is 0 Å². The van der Waals surface area contributed by atoms with Crippen LogP contribution in [0.5, 0.6) is 0 Å². The Bertz CT molecular complexity index is 319. The summed E-state index contributed by atoms with van der Waals surface area (Å²) in [6.07, 6.45) is 2.06. The fourth-order valence-corrected chi connectivity index (χ4v) is 2.01. The highest BCUT2D eigenvalue weighted by atomic mass is 15.1. The van der Waals surface area contributed by atoms with Crippen LogP contribution in [0.2, 0.25) is 0 Å². The summed E-state index contributed by atoms with van der Waals surface area (Å²) >= 11 is 0. The van der Waals surface area contributed by atoms with Crippen molar-refractivity contribution in [1.29, 1.82) is 0 Å². The lowest BCUT2D eigenvalue weighted by molar-refractivity contribution is 0.262. The average Bonchev–Trinajstić information content (AvgIpc) is 2.42. The molecule has 102 valence electrons. The maximum atomic E-state index is 5.66. The molecule has 0 radical (unpaired) electrons. The highest BCUT2D eigenvalue weighted by Crippen LogP contribution is 2.09. The largest absolute Gasteiger partial charge is 0.330 e. The van der Waals surface area contributed by atoms with Crippen LogP contribution in [0.1, 0.15) is 24.0 Å². The van der Waals surface area contributed by atoms with Gasteiger partial charge in [0.05, 0.1) is 0 Å². The normalized spacial score (nSPS) is 11.1. The summed E-state index contributed by atoms with van der Waals surface area (Å²) in [5.74, 6) is 0. The molecule has 0 amide bonds. The molecule has 4 heteroatoms. The maximum absolute atomic E-state index is 5.66. The van der Waals surface area contributed by atoms with Crippen LogP contribution < -0.4 is 17.2 Å². The van der Waals surface area contributed by atoms with Crippen LogP contribution in [0, 0.1) is 0 Å². The number of benzene rings is 1. The highest BCUT2D eigenvalue weighted by molar-refractivity contribution is 5.23. The van der Waals surface area contributed by atoms with Gasteiger partial charge in [-0.05, 0) is 50.1 Å². The van der Waals surface area contributed by atoms with E-state index < -0.39 is 0 Å². The van der Waals surface area contributed by atoms with Gasteiger partial charge in [-0.15, -0.1) is 0 Å². The third kappa shape index (κ3) is 5.60. The molecule has 0 spiro atoms. The van der Waals surface area contributed by atoms with Crippen molar-refractivity contribution in [3.63, 3.8) is 0 Å². The molecule has 0 fully saturated rings. The van der Waals surface area contributed by atoms with E-state index in [4.69, 9.17) is 17.2 Å². The van der Waals surface area contributed by atoms with E-state index in [9.17, 15) is 0 Å². The van der Waals surface area contributed by atoms with Crippen molar-refractivity contribution in [3.05, 3.63) is 35.4 Å². The second kappa shape index (κ2) is 9.05. The third-order valence-electron chi connectivity index (χ3n) is 2.99. The highest BCUT2D eigenvalue weighted by Gasteiger charge is 2.05. The van der Waals surface area contributed by atoms with Gasteiger partial charge in [-0.25, -0.2) is 0 Å². The van der Waals surface area contributed by atoms with Gasteiger partial charge in [0.1, 0.15) is 0 Å². The van der Waals surface area contributed by atoms with Gasteiger partial charge in [0.2, 0.25) is 0 Å². The van der Waals surface area contributed by atoms with E-state index in [0.717, 1.165) is 45.6 Å². The summed E-state index contributed by atoms with van der Waals surface area (Å²) in [7, 11) is 0. The fourth-order valence-electron chi connectivity index (χ4n) is 2.01.